The van der Waals surface area contributed by atoms with E-state index in [0.717, 1.165) is 72.8 Å². The molecule has 4 nitrogen and oxygen atoms in total. The molecule has 0 unspecified atom stereocenters. The topological polar surface area (TPSA) is 57.4 Å². The van der Waals surface area contributed by atoms with E-state index in [2.05, 4.69) is 6.07 Å². The number of aromatic nitrogens is 2. The fraction of sp³-hybridized carbons (Fsp3) is 0.114. The Kier molecular flexibility index (Phi) is 15.7. The van der Waals surface area contributed by atoms with Gasteiger partial charge in [0.25, 0.3) is 0 Å². The molecule has 0 saturated carbocycles. The summed E-state index contributed by atoms with van der Waals surface area (Å²) in [4.78, 5) is 0. The summed E-state index contributed by atoms with van der Waals surface area (Å²) in [5.41, 5.74) is -21.1. The quantitative estimate of drug-likeness (QED) is 0.149. The molecule has 0 spiro atoms. The Morgan fingerprint density at radius 2 is 0.520 bits per heavy atom. The normalized spacial score (nSPS) is 13.1. The van der Waals surface area contributed by atoms with Gasteiger partial charge in [0.15, 0.2) is 0 Å². The molecule has 0 saturated heterocycles. The van der Waals surface area contributed by atoms with Gasteiger partial charge in [-0.05, 0) is 177 Å². The van der Waals surface area contributed by atoms with Crippen molar-refractivity contribution in [3.8, 4) is 79.1 Å². The van der Waals surface area contributed by atoms with Gasteiger partial charge in [-0.25, -0.2) is 0 Å². The summed E-state index contributed by atoms with van der Waals surface area (Å²) in [6.45, 7) is 0. The van der Waals surface area contributed by atoms with Crippen molar-refractivity contribution in [1.82, 2.24) is 9.13 Å². The second-order valence-electron chi connectivity index (χ2n) is 22.3. The van der Waals surface area contributed by atoms with Crippen molar-refractivity contribution in [2.75, 3.05) is 0 Å². The maximum Gasteiger partial charge on any atom is 0.417 e. The molecule has 0 aliphatic heterocycles. The third-order valence-corrected chi connectivity index (χ3v) is 16.4. The number of nitriles is 2. The molecule has 28 heteroatoms. The monoisotopic (exact) mass is 1380 g/mol. The third-order valence-electron chi connectivity index (χ3n) is 16.4. The molecule has 498 valence electrons. The molecule has 2 aromatic heterocycles. The minimum atomic E-state index is -5.50. The highest BCUT2D eigenvalue weighted by atomic mass is 19.4. The molecule has 98 heavy (non-hydrogen) atoms. The van der Waals surface area contributed by atoms with Crippen LogP contribution in [0.2, 0.25) is 0 Å². The van der Waals surface area contributed by atoms with Crippen molar-refractivity contribution in [2.24, 2.45) is 0 Å². The molecule has 12 aromatic rings. The number of alkyl halides is 24. The Hall–Kier alpha value is -10.9. The van der Waals surface area contributed by atoms with Gasteiger partial charge in [-0.2, -0.15) is 116 Å². The molecule has 12 rings (SSSR count). The van der Waals surface area contributed by atoms with Crippen LogP contribution in [-0.2, 0) is 49.4 Å². The van der Waals surface area contributed by atoms with Gasteiger partial charge in [-0.1, -0.05) is 60.7 Å². The standard InChI is InChI=1S/C70H30F24N4/c71-63(72,73)40-8-12-44(53(27-40)67(83,84)85)35-4-16-57-48(21-35)49-22-36(45-13-9-41(64(74,75)76)28-54(45)68(86,87)88)5-17-58(49)97(57)61-25-39(34-3-1-2-33(20-34)31-95)26-62(52(61)32-96)98-59-18-6-37(46-14-10-42(65(77,78)79)29-55(46)69(89,90)91)23-50(59)51-24-38(7-19-60(51)98)47-15-11-43(66(80,81)82)30-56(47)70(92,93)94/h1-30H. The molecule has 0 aliphatic carbocycles. The molecule has 2 heterocycles. The largest absolute Gasteiger partial charge is 0.417 e. The molecule has 0 amide bonds. The summed E-state index contributed by atoms with van der Waals surface area (Å²) in [6, 6.07) is 27.3. The van der Waals surface area contributed by atoms with Crippen molar-refractivity contribution in [1.29, 1.82) is 10.5 Å². The Bertz CT molecular complexity index is 4800. The van der Waals surface area contributed by atoms with Gasteiger partial charge >= 0.3 is 49.4 Å². The highest BCUT2D eigenvalue weighted by molar-refractivity contribution is 6.14. The van der Waals surface area contributed by atoms with E-state index in [1.165, 1.54) is 45.5 Å². The first kappa shape index (κ1) is 67.1. The highest BCUT2D eigenvalue weighted by Gasteiger charge is 2.43. The van der Waals surface area contributed by atoms with Crippen molar-refractivity contribution < 1.29 is 105 Å². The van der Waals surface area contributed by atoms with Crippen LogP contribution in [0.1, 0.15) is 55.6 Å². The smallest absolute Gasteiger partial charge is 0.308 e. The second kappa shape index (κ2) is 22.9. The molecule has 0 bridgehead atoms. The molecule has 0 radical (unpaired) electrons. The first-order valence-corrected chi connectivity index (χ1v) is 28.0. The van der Waals surface area contributed by atoms with Gasteiger partial charge in [0.1, 0.15) is 11.6 Å². The van der Waals surface area contributed by atoms with Gasteiger partial charge in [-0.3, -0.25) is 0 Å². The van der Waals surface area contributed by atoms with Crippen molar-refractivity contribution in [3.05, 3.63) is 238 Å². The molecule has 10 aromatic carbocycles. The summed E-state index contributed by atoms with van der Waals surface area (Å²) in [5.74, 6) is 0. The Morgan fingerprint density at radius 3 is 0.755 bits per heavy atom. The molecule has 0 aliphatic rings. The summed E-state index contributed by atoms with van der Waals surface area (Å²) < 4.78 is 349. The predicted molar refractivity (Wildman–Crippen MR) is 312 cm³/mol. The van der Waals surface area contributed by atoms with E-state index in [0.29, 0.717) is 48.5 Å². The van der Waals surface area contributed by atoms with E-state index in [1.807, 2.05) is 6.07 Å². The van der Waals surface area contributed by atoms with E-state index in [9.17, 15) is 116 Å². The summed E-state index contributed by atoms with van der Waals surface area (Å²) in [7, 11) is 0. The van der Waals surface area contributed by atoms with Crippen LogP contribution in [0, 0.1) is 22.7 Å². The fourth-order valence-corrected chi connectivity index (χ4v) is 12.1. The fourth-order valence-electron chi connectivity index (χ4n) is 12.1. The number of nitrogens with zero attached hydrogens (tertiary/aromatic N) is 4. The molecule has 0 atom stereocenters. The minimum Gasteiger partial charge on any atom is -0.308 e. The molecule has 0 N–H and O–H groups in total. The maximum absolute atomic E-state index is 14.9. The highest BCUT2D eigenvalue weighted by Crippen LogP contribution is 2.50. The summed E-state index contributed by atoms with van der Waals surface area (Å²) in [5, 5.41) is 20.8. The van der Waals surface area contributed by atoms with Gasteiger partial charge < -0.3 is 9.13 Å². The lowest BCUT2D eigenvalue weighted by molar-refractivity contribution is -0.144. The Labute approximate surface area is 533 Å². The summed E-state index contributed by atoms with van der Waals surface area (Å²) in [6.07, 6.45) is -43.2. The SMILES string of the molecule is N#Cc1cccc(-c2cc(-n3c4ccc(-c5ccc(C(F)(F)F)cc5C(F)(F)F)cc4c4cc(-c5ccc(C(F)(F)F)cc5C(F)(F)F)ccc43)c(C#N)c(-n3c4ccc(-c5ccc(C(F)(F)F)cc5C(F)(F)F)cc4c4cc(-c5ccc(C(F)(F)F)cc5C(F)(F)F)ccc43)c2)c1. The van der Waals surface area contributed by atoms with Gasteiger partial charge in [-0.15, -0.1) is 0 Å². The van der Waals surface area contributed by atoms with E-state index in [1.54, 1.807) is 0 Å². The number of rotatable bonds is 7. The lowest BCUT2D eigenvalue weighted by Crippen LogP contribution is -2.12. The minimum absolute atomic E-state index is 0.00484. The van der Waals surface area contributed by atoms with Crippen LogP contribution in [0.3, 0.4) is 0 Å². The van der Waals surface area contributed by atoms with E-state index >= 15 is 0 Å². The average molecular weight is 1380 g/mol. The Balaban J connectivity index is 1.21. The van der Waals surface area contributed by atoms with Gasteiger partial charge in [0.05, 0.1) is 89.6 Å². The van der Waals surface area contributed by atoms with Gasteiger partial charge in [0.2, 0.25) is 0 Å². The van der Waals surface area contributed by atoms with E-state index in [-0.39, 0.29) is 95.9 Å². The first-order chi connectivity index (χ1) is 45.5. The average Bonchev–Trinajstić information content (AvgIpc) is 1.51. The second-order valence-corrected chi connectivity index (χ2v) is 22.3. The lowest BCUT2D eigenvalue weighted by Gasteiger charge is -2.19. The van der Waals surface area contributed by atoms with E-state index in [4.69, 9.17) is 0 Å². The van der Waals surface area contributed by atoms with Crippen LogP contribution in [0.25, 0.3) is 111 Å². The van der Waals surface area contributed by atoms with E-state index < -0.39 is 144 Å². The molecular weight excluding hydrogens is 1350 g/mol. The first-order valence-electron chi connectivity index (χ1n) is 28.0. The number of halogens is 24. The number of hydrogen-bond acceptors (Lipinski definition) is 2. The van der Waals surface area contributed by atoms with Crippen LogP contribution in [-0.4, -0.2) is 9.13 Å². The number of benzene rings is 10. The Morgan fingerprint density at radius 1 is 0.245 bits per heavy atom. The number of hydrogen-bond donors (Lipinski definition) is 0. The van der Waals surface area contributed by atoms with Crippen molar-refractivity contribution in [3.63, 3.8) is 0 Å². The maximum atomic E-state index is 14.9. The number of fused-ring (bicyclic) bond motifs is 6. The molecular formula is C70H30F24N4. The van der Waals surface area contributed by atoms with Crippen molar-refractivity contribution >= 4 is 43.6 Å². The zero-order valence-electron chi connectivity index (χ0n) is 48.2. The zero-order chi connectivity index (χ0) is 71.1. The lowest BCUT2D eigenvalue weighted by atomic mass is 9.94. The van der Waals surface area contributed by atoms with Crippen LogP contribution in [0.15, 0.2) is 182 Å². The zero-order valence-corrected chi connectivity index (χ0v) is 48.2. The van der Waals surface area contributed by atoms with Crippen LogP contribution < -0.4 is 0 Å². The molecule has 0 fully saturated rings. The van der Waals surface area contributed by atoms with Crippen LogP contribution in [0.4, 0.5) is 105 Å². The third kappa shape index (κ3) is 12.1. The van der Waals surface area contributed by atoms with Gasteiger partial charge in [0, 0.05) is 21.5 Å². The van der Waals surface area contributed by atoms with Crippen LogP contribution >= 0.6 is 0 Å². The predicted octanol–water partition coefficient (Wildman–Crippen LogP) is 24.1. The van der Waals surface area contributed by atoms with Crippen molar-refractivity contribution in [2.45, 2.75) is 49.4 Å². The summed E-state index contributed by atoms with van der Waals surface area (Å²) >= 11 is 0. The van der Waals surface area contributed by atoms with Crippen LogP contribution in [0.5, 0.6) is 0 Å².